The van der Waals surface area contributed by atoms with Crippen LogP contribution in [-0.2, 0) is 6.42 Å². The number of aryl methyl sites for hydroxylation is 1. The van der Waals surface area contributed by atoms with Crippen molar-refractivity contribution in [2.45, 2.75) is 12.8 Å². The van der Waals surface area contributed by atoms with Gasteiger partial charge in [-0.05, 0) is 30.5 Å². The maximum Gasteiger partial charge on any atom is 0.157 e. The summed E-state index contributed by atoms with van der Waals surface area (Å²) in [5.74, 6) is -0.252. The van der Waals surface area contributed by atoms with Crippen LogP contribution in [0.1, 0.15) is 12.0 Å². The second-order valence-corrected chi connectivity index (χ2v) is 2.66. The summed E-state index contributed by atoms with van der Waals surface area (Å²) in [5.41, 5.74) is 0.884. The fraction of sp³-hybridized carbons (Fsp3) is 0.222. The van der Waals surface area contributed by atoms with Crippen molar-refractivity contribution in [2.24, 2.45) is 5.16 Å². The van der Waals surface area contributed by atoms with Gasteiger partial charge in [-0.3, -0.25) is 0 Å². The summed E-state index contributed by atoms with van der Waals surface area (Å²) < 4.78 is 0. The largest absolute Gasteiger partial charge is 0.504 e. The first-order chi connectivity index (χ1) is 6.24. The average molecular weight is 181 g/mol. The number of phenols is 2. The first kappa shape index (κ1) is 9.38. The fourth-order valence-corrected chi connectivity index (χ4v) is 1.01. The van der Waals surface area contributed by atoms with Gasteiger partial charge in [-0.2, -0.15) is 0 Å². The summed E-state index contributed by atoms with van der Waals surface area (Å²) >= 11 is 0. The third-order valence-electron chi connectivity index (χ3n) is 1.68. The molecule has 1 aromatic rings. The molecular weight excluding hydrogens is 170 g/mol. The van der Waals surface area contributed by atoms with E-state index in [4.69, 9.17) is 15.4 Å². The Labute approximate surface area is 75.8 Å². The summed E-state index contributed by atoms with van der Waals surface area (Å²) in [6.45, 7) is 0. The number of hydrogen-bond acceptors (Lipinski definition) is 4. The standard InChI is InChI=1S/C9H11NO3/c11-8-4-3-7(6-9(8)12)2-1-5-10-13/h3-6,11-13H,1-2H2/b10-5+. The van der Waals surface area contributed by atoms with Crippen molar-refractivity contribution in [1.29, 1.82) is 0 Å². The Morgan fingerprint density at radius 1 is 1.23 bits per heavy atom. The first-order valence-corrected chi connectivity index (χ1v) is 3.91. The SMILES string of the molecule is O/N=C/CCc1ccc(O)c(O)c1. The molecule has 0 fully saturated rings. The molecule has 0 bridgehead atoms. The van der Waals surface area contributed by atoms with Crippen molar-refractivity contribution in [2.75, 3.05) is 0 Å². The van der Waals surface area contributed by atoms with E-state index < -0.39 is 0 Å². The second kappa shape index (κ2) is 4.35. The quantitative estimate of drug-likeness (QED) is 0.286. The highest BCUT2D eigenvalue weighted by atomic mass is 16.4. The zero-order chi connectivity index (χ0) is 9.68. The smallest absolute Gasteiger partial charge is 0.157 e. The van der Waals surface area contributed by atoms with Crippen LogP contribution in [0.3, 0.4) is 0 Å². The van der Waals surface area contributed by atoms with Crippen LogP contribution < -0.4 is 0 Å². The number of hydrogen-bond donors (Lipinski definition) is 3. The summed E-state index contributed by atoms with van der Waals surface area (Å²) in [4.78, 5) is 0. The molecule has 3 N–H and O–H groups in total. The van der Waals surface area contributed by atoms with E-state index in [9.17, 15) is 0 Å². The van der Waals surface area contributed by atoms with Gasteiger partial charge in [0.2, 0.25) is 0 Å². The minimum absolute atomic E-state index is 0.125. The van der Waals surface area contributed by atoms with Crippen LogP contribution in [0.4, 0.5) is 0 Å². The number of oxime groups is 1. The molecule has 0 unspecified atom stereocenters. The van der Waals surface area contributed by atoms with Crippen molar-refractivity contribution >= 4 is 6.21 Å². The Morgan fingerprint density at radius 3 is 2.62 bits per heavy atom. The molecule has 0 atom stereocenters. The molecule has 13 heavy (non-hydrogen) atoms. The van der Waals surface area contributed by atoms with E-state index in [-0.39, 0.29) is 11.5 Å². The topological polar surface area (TPSA) is 73.1 Å². The van der Waals surface area contributed by atoms with Crippen LogP contribution >= 0.6 is 0 Å². The predicted molar refractivity (Wildman–Crippen MR) is 48.4 cm³/mol. The molecule has 4 nitrogen and oxygen atoms in total. The zero-order valence-corrected chi connectivity index (χ0v) is 7.01. The monoisotopic (exact) mass is 181 g/mol. The lowest BCUT2D eigenvalue weighted by Crippen LogP contribution is -1.85. The van der Waals surface area contributed by atoms with Gasteiger partial charge in [-0.25, -0.2) is 0 Å². The lowest BCUT2D eigenvalue weighted by molar-refractivity contribution is 0.320. The van der Waals surface area contributed by atoms with E-state index in [1.54, 1.807) is 6.07 Å². The van der Waals surface area contributed by atoms with E-state index in [1.165, 1.54) is 18.3 Å². The average Bonchev–Trinajstić information content (AvgIpc) is 2.12. The molecule has 0 aliphatic heterocycles. The van der Waals surface area contributed by atoms with E-state index in [2.05, 4.69) is 5.16 Å². The Hall–Kier alpha value is -1.71. The van der Waals surface area contributed by atoms with Gasteiger partial charge in [0.15, 0.2) is 11.5 Å². The van der Waals surface area contributed by atoms with Gasteiger partial charge < -0.3 is 15.4 Å². The molecular formula is C9H11NO3. The maximum absolute atomic E-state index is 9.12. The van der Waals surface area contributed by atoms with Crippen molar-refractivity contribution in [3.63, 3.8) is 0 Å². The lowest BCUT2D eigenvalue weighted by Gasteiger charge is -2.00. The van der Waals surface area contributed by atoms with E-state index in [1.807, 2.05) is 0 Å². The highest BCUT2D eigenvalue weighted by Crippen LogP contribution is 2.25. The molecule has 4 heteroatoms. The Balaban J connectivity index is 2.63. The van der Waals surface area contributed by atoms with Gasteiger partial charge in [-0.1, -0.05) is 6.07 Å². The normalized spacial score (nSPS) is 10.8. The van der Waals surface area contributed by atoms with Crippen LogP contribution in [0.15, 0.2) is 23.4 Å². The molecule has 0 radical (unpaired) electrons. The molecule has 70 valence electrons. The fourth-order valence-electron chi connectivity index (χ4n) is 1.01. The predicted octanol–water partition coefficient (Wildman–Crippen LogP) is 1.49. The van der Waals surface area contributed by atoms with Crippen molar-refractivity contribution in [3.05, 3.63) is 23.8 Å². The molecule has 1 aromatic carbocycles. The van der Waals surface area contributed by atoms with Gasteiger partial charge in [0.25, 0.3) is 0 Å². The van der Waals surface area contributed by atoms with Gasteiger partial charge >= 0.3 is 0 Å². The lowest BCUT2D eigenvalue weighted by atomic mass is 10.1. The van der Waals surface area contributed by atoms with E-state index in [0.717, 1.165) is 5.56 Å². The van der Waals surface area contributed by atoms with Crippen LogP contribution in [0, 0.1) is 0 Å². The van der Waals surface area contributed by atoms with Gasteiger partial charge in [0.1, 0.15) is 0 Å². The minimum Gasteiger partial charge on any atom is -0.504 e. The molecule has 0 aliphatic rings. The minimum atomic E-state index is -0.126. The zero-order valence-electron chi connectivity index (χ0n) is 7.01. The molecule has 0 aliphatic carbocycles. The molecule has 0 amide bonds. The number of phenolic OH excluding ortho intramolecular Hbond substituents is 2. The highest BCUT2D eigenvalue weighted by Gasteiger charge is 1.99. The van der Waals surface area contributed by atoms with Gasteiger partial charge in [-0.15, -0.1) is 5.16 Å². The molecule has 0 aromatic heterocycles. The summed E-state index contributed by atoms with van der Waals surface area (Å²) in [6.07, 6.45) is 2.64. The van der Waals surface area contributed by atoms with Crippen molar-refractivity contribution in [1.82, 2.24) is 0 Å². The molecule has 0 saturated heterocycles. The molecule has 0 saturated carbocycles. The molecule has 0 spiro atoms. The third-order valence-corrected chi connectivity index (χ3v) is 1.68. The summed E-state index contributed by atoms with van der Waals surface area (Å²) in [6, 6.07) is 4.63. The summed E-state index contributed by atoms with van der Waals surface area (Å²) in [5, 5.41) is 29.1. The van der Waals surface area contributed by atoms with E-state index >= 15 is 0 Å². The third kappa shape index (κ3) is 2.66. The second-order valence-electron chi connectivity index (χ2n) is 2.66. The maximum atomic E-state index is 9.12. The number of aromatic hydroxyl groups is 2. The number of benzene rings is 1. The number of rotatable bonds is 3. The van der Waals surface area contributed by atoms with Crippen molar-refractivity contribution in [3.8, 4) is 11.5 Å². The molecule has 1 rings (SSSR count). The van der Waals surface area contributed by atoms with E-state index in [0.29, 0.717) is 12.8 Å². The van der Waals surface area contributed by atoms with Crippen LogP contribution in [0.25, 0.3) is 0 Å². The van der Waals surface area contributed by atoms with Gasteiger partial charge in [0, 0.05) is 6.21 Å². The van der Waals surface area contributed by atoms with Crippen LogP contribution in [0.2, 0.25) is 0 Å². The van der Waals surface area contributed by atoms with Crippen molar-refractivity contribution < 1.29 is 15.4 Å². The number of nitrogens with zero attached hydrogens (tertiary/aromatic N) is 1. The Kier molecular flexibility index (Phi) is 3.14. The molecule has 0 heterocycles. The Bertz CT molecular complexity index is 310. The first-order valence-electron chi connectivity index (χ1n) is 3.91. The summed E-state index contributed by atoms with van der Waals surface area (Å²) in [7, 11) is 0. The van der Waals surface area contributed by atoms with Gasteiger partial charge in [0.05, 0.1) is 0 Å². The van der Waals surface area contributed by atoms with Crippen LogP contribution in [0.5, 0.6) is 11.5 Å². The highest BCUT2D eigenvalue weighted by molar-refractivity contribution is 5.56. The Morgan fingerprint density at radius 2 is 2.00 bits per heavy atom. The van der Waals surface area contributed by atoms with Crippen LogP contribution in [-0.4, -0.2) is 21.6 Å².